The number of carboxylic acid groups (broad SMARTS) is 1. The first-order valence-electron chi connectivity index (χ1n) is 8.03. The molecule has 0 saturated carbocycles. The number of aliphatic carboxylic acids is 1. The number of nitrogens with two attached hydrogens (primary N) is 1. The number of hydrogen-bond acceptors (Lipinski definition) is 6. The van der Waals surface area contributed by atoms with Gasteiger partial charge in [-0.2, -0.15) is 0 Å². The molecule has 0 radical (unpaired) electrons. The highest BCUT2D eigenvalue weighted by molar-refractivity contribution is 5.76. The van der Waals surface area contributed by atoms with Gasteiger partial charge in [0.15, 0.2) is 0 Å². The van der Waals surface area contributed by atoms with E-state index in [1.807, 2.05) is 0 Å². The highest BCUT2D eigenvalue weighted by Gasteiger charge is 2.51. The molecule has 0 unspecified atom stereocenters. The van der Waals surface area contributed by atoms with Gasteiger partial charge < -0.3 is 30.7 Å². The molecule has 1 saturated heterocycles. The van der Waals surface area contributed by atoms with Crippen molar-refractivity contribution in [1.29, 1.82) is 0 Å². The van der Waals surface area contributed by atoms with E-state index >= 15 is 0 Å². The van der Waals surface area contributed by atoms with Gasteiger partial charge in [-0.15, -0.1) is 0 Å². The second-order valence-corrected chi connectivity index (χ2v) is 5.93. The van der Waals surface area contributed by atoms with E-state index in [9.17, 15) is 19.8 Å². The first kappa shape index (κ1) is 19.8. The van der Waals surface area contributed by atoms with Crippen molar-refractivity contribution in [3.63, 3.8) is 0 Å². The van der Waals surface area contributed by atoms with Gasteiger partial charge in [0.1, 0.15) is 0 Å². The van der Waals surface area contributed by atoms with E-state index in [1.165, 1.54) is 6.92 Å². The number of carboxylic acids is 1. The molecule has 0 aromatic rings. The molecule has 0 aliphatic carbocycles. The Morgan fingerprint density at radius 3 is 2.52 bits per heavy atom. The lowest BCUT2D eigenvalue weighted by Crippen LogP contribution is -2.63. The van der Waals surface area contributed by atoms with Crippen LogP contribution in [0.5, 0.6) is 0 Å². The van der Waals surface area contributed by atoms with Crippen LogP contribution in [0.1, 0.15) is 46.0 Å². The molecule has 8 nitrogen and oxygen atoms in total. The van der Waals surface area contributed by atoms with Crippen LogP contribution in [-0.4, -0.2) is 59.3 Å². The van der Waals surface area contributed by atoms with Gasteiger partial charge in [-0.05, 0) is 26.3 Å². The summed E-state index contributed by atoms with van der Waals surface area (Å²) in [5, 5.41) is 22.2. The van der Waals surface area contributed by atoms with Gasteiger partial charge in [0, 0.05) is 13.3 Å². The third-order valence-corrected chi connectivity index (χ3v) is 3.90. The molecule has 8 heteroatoms. The number of aliphatic hydroxyl groups excluding tert-OH is 1. The fraction of sp³-hybridized carbons (Fsp3) is 0.867. The first-order valence-corrected chi connectivity index (χ1v) is 8.03. The Morgan fingerprint density at radius 1 is 1.35 bits per heavy atom. The number of carbonyl (C=O) groups is 2. The summed E-state index contributed by atoms with van der Waals surface area (Å²) in [4.78, 5) is 22.8. The quantitative estimate of drug-likeness (QED) is 0.436. The number of carbonyl (C=O) groups excluding carboxylic acids is 1. The van der Waals surface area contributed by atoms with E-state index < -0.39 is 30.0 Å². The summed E-state index contributed by atoms with van der Waals surface area (Å²) in [6.07, 6.45) is 1.49. The average Bonchev–Trinajstić information content (AvgIpc) is 2.46. The van der Waals surface area contributed by atoms with Crippen LogP contribution in [0.15, 0.2) is 0 Å². The summed E-state index contributed by atoms with van der Waals surface area (Å²) in [7, 11) is 0. The summed E-state index contributed by atoms with van der Waals surface area (Å²) < 4.78 is 11.0. The Bertz CT molecular complexity index is 391. The Hall–Kier alpha value is -1.22. The Balaban J connectivity index is 2.61. The van der Waals surface area contributed by atoms with Crippen LogP contribution in [0.25, 0.3) is 0 Å². The molecule has 23 heavy (non-hydrogen) atoms. The summed E-state index contributed by atoms with van der Waals surface area (Å²) in [6, 6.07) is -0.659. The Kier molecular flexibility index (Phi) is 7.90. The molecule has 1 rings (SSSR count). The summed E-state index contributed by atoms with van der Waals surface area (Å²) in [6.45, 7) is 3.79. The molecule has 4 atom stereocenters. The highest BCUT2D eigenvalue weighted by atomic mass is 16.7. The van der Waals surface area contributed by atoms with Crippen molar-refractivity contribution in [3.05, 3.63) is 0 Å². The topological polar surface area (TPSA) is 131 Å². The van der Waals surface area contributed by atoms with E-state index in [-0.39, 0.29) is 18.9 Å². The van der Waals surface area contributed by atoms with Crippen molar-refractivity contribution in [1.82, 2.24) is 5.32 Å². The number of aliphatic hydroxyl groups is 1. The third-order valence-electron chi connectivity index (χ3n) is 3.90. The van der Waals surface area contributed by atoms with E-state index in [0.717, 1.165) is 19.3 Å². The molecular formula is C15H28N2O6. The molecule has 0 aromatic heterocycles. The van der Waals surface area contributed by atoms with Crippen LogP contribution >= 0.6 is 0 Å². The molecule has 1 amide bonds. The highest BCUT2D eigenvalue weighted by Crippen LogP contribution is 2.31. The van der Waals surface area contributed by atoms with Gasteiger partial charge in [-0.3, -0.25) is 4.79 Å². The molecule has 1 heterocycles. The summed E-state index contributed by atoms with van der Waals surface area (Å²) >= 11 is 0. The second kappa shape index (κ2) is 9.17. The molecule has 1 fully saturated rings. The minimum Gasteiger partial charge on any atom is -0.477 e. The van der Waals surface area contributed by atoms with Crippen LogP contribution in [0.4, 0.5) is 0 Å². The van der Waals surface area contributed by atoms with Gasteiger partial charge in [0.05, 0.1) is 24.9 Å². The zero-order valence-electron chi connectivity index (χ0n) is 13.8. The maximum Gasteiger partial charge on any atom is 0.364 e. The minimum atomic E-state index is -1.87. The van der Waals surface area contributed by atoms with Crippen LogP contribution in [0.2, 0.25) is 0 Å². The fourth-order valence-electron chi connectivity index (χ4n) is 2.71. The Morgan fingerprint density at radius 2 is 2.00 bits per heavy atom. The fourth-order valence-corrected chi connectivity index (χ4v) is 2.71. The molecule has 1 aliphatic rings. The van der Waals surface area contributed by atoms with E-state index in [4.69, 9.17) is 15.2 Å². The molecule has 1 aliphatic heterocycles. The van der Waals surface area contributed by atoms with Gasteiger partial charge >= 0.3 is 5.97 Å². The molecule has 134 valence electrons. The maximum atomic E-state index is 11.6. The largest absolute Gasteiger partial charge is 0.477 e. The zero-order chi connectivity index (χ0) is 17.5. The van der Waals surface area contributed by atoms with Crippen LogP contribution in [0.3, 0.4) is 0 Å². The lowest BCUT2D eigenvalue weighted by Gasteiger charge is -2.43. The second-order valence-electron chi connectivity index (χ2n) is 5.93. The molecule has 0 spiro atoms. The van der Waals surface area contributed by atoms with Gasteiger partial charge in [-0.1, -0.05) is 12.8 Å². The first-order chi connectivity index (χ1) is 10.8. The maximum absolute atomic E-state index is 11.6. The van der Waals surface area contributed by atoms with E-state index in [0.29, 0.717) is 13.0 Å². The van der Waals surface area contributed by atoms with Gasteiger partial charge in [0.2, 0.25) is 5.91 Å². The molecule has 0 bridgehead atoms. The smallest absolute Gasteiger partial charge is 0.364 e. The van der Waals surface area contributed by atoms with Gasteiger partial charge in [-0.25, -0.2) is 4.79 Å². The SMILES string of the molecule is CC(=O)N[C@H]1[C@H](C)O[C@@](OCCCCCCN)(C(=O)O)C[C@@H]1O. The number of amides is 1. The van der Waals surface area contributed by atoms with Crippen LogP contribution in [-0.2, 0) is 19.1 Å². The van der Waals surface area contributed by atoms with Crippen molar-refractivity contribution < 1.29 is 29.3 Å². The number of hydrogen-bond donors (Lipinski definition) is 4. The van der Waals surface area contributed by atoms with E-state index in [2.05, 4.69) is 5.32 Å². The minimum absolute atomic E-state index is 0.223. The van der Waals surface area contributed by atoms with Gasteiger partial charge in [0.25, 0.3) is 5.79 Å². The predicted molar refractivity (Wildman–Crippen MR) is 82.6 cm³/mol. The number of ether oxygens (including phenoxy) is 2. The van der Waals surface area contributed by atoms with Crippen molar-refractivity contribution in [2.24, 2.45) is 5.73 Å². The van der Waals surface area contributed by atoms with E-state index in [1.54, 1.807) is 6.92 Å². The van der Waals surface area contributed by atoms with Crippen molar-refractivity contribution in [2.45, 2.75) is 70.0 Å². The van der Waals surface area contributed by atoms with Crippen LogP contribution in [0, 0.1) is 0 Å². The molecule has 0 aromatic carbocycles. The normalized spacial score (nSPS) is 30.9. The predicted octanol–water partition coefficient (Wildman–Crippen LogP) is -0.0226. The van der Waals surface area contributed by atoms with Crippen molar-refractivity contribution in [2.75, 3.05) is 13.2 Å². The van der Waals surface area contributed by atoms with Crippen molar-refractivity contribution in [3.8, 4) is 0 Å². The lowest BCUT2D eigenvalue weighted by molar-refractivity contribution is -0.292. The monoisotopic (exact) mass is 332 g/mol. The number of nitrogens with one attached hydrogen (secondary N) is 1. The number of rotatable bonds is 9. The average molecular weight is 332 g/mol. The van der Waals surface area contributed by atoms with Crippen LogP contribution < -0.4 is 11.1 Å². The number of unbranched alkanes of at least 4 members (excludes halogenated alkanes) is 3. The zero-order valence-corrected chi connectivity index (χ0v) is 13.8. The standard InChI is InChI=1S/C15H28N2O6/c1-10-13(17-11(2)18)12(19)9-15(23-10,14(20)21)22-8-6-4-3-5-7-16/h10,12-13,19H,3-9,16H2,1-2H3,(H,17,18)(H,20,21)/t10-,12-,13-,15+/m0/s1. The summed E-state index contributed by atoms with van der Waals surface area (Å²) in [5.41, 5.74) is 5.41. The summed E-state index contributed by atoms with van der Waals surface area (Å²) in [5.74, 6) is -3.46. The Labute approximate surface area is 136 Å². The molecule has 5 N–H and O–H groups in total. The third kappa shape index (κ3) is 5.72. The molecular weight excluding hydrogens is 304 g/mol. The lowest BCUT2D eigenvalue weighted by atomic mass is 9.93. The van der Waals surface area contributed by atoms with Crippen molar-refractivity contribution >= 4 is 11.9 Å².